The van der Waals surface area contributed by atoms with Crippen molar-refractivity contribution in [2.45, 2.75) is 32.6 Å². The molecule has 9 nitrogen and oxygen atoms in total. The first-order valence-corrected chi connectivity index (χ1v) is 10.5. The van der Waals surface area contributed by atoms with Crippen LogP contribution in [0.2, 0.25) is 0 Å². The number of esters is 2. The summed E-state index contributed by atoms with van der Waals surface area (Å²) in [6, 6.07) is 4.27. The Labute approximate surface area is 182 Å². The van der Waals surface area contributed by atoms with E-state index < -0.39 is 11.9 Å². The summed E-state index contributed by atoms with van der Waals surface area (Å²) in [6.07, 6.45) is 3.30. The molecule has 2 amide bonds. The van der Waals surface area contributed by atoms with E-state index in [4.69, 9.17) is 9.47 Å². The minimum absolute atomic E-state index is 0.0595. The molecule has 2 rings (SSSR count). The van der Waals surface area contributed by atoms with Crippen LogP contribution in [0, 0.1) is 5.92 Å². The molecule has 1 aromatic rings. The largest absolute Gasteiger partial charge is 0.465 e. The van der Waals surface area contributed by atoms with Gasteiger partial charge in [0.25, 0.3) is 0 Å². The Hall–Kier alpha value is -2.94. The summed E-state index contributed by atoms with van der Waals surface area (Å²) < 4.78 is 9.42. The van der Waals surface area contributed by atoms with Gasteiger partial charge in [-0.15, -0.1) is 0 Å². The second-order valence-electron chi connectivity index (χ2n) is 7.63. The van der Waals surface area contributed by atoms with Crippen LogP contribution in [-0.2, 0) is 19.1 Å². The number of anilines is 1. The number of piperidine rings is 1. The van der Waals surface area contributed by atoms with Gasteiger partial charge in [-0.25, -0.2) is 9.59 Å². The molecule has 1 saturated heterocycles. The number of amides is 2. The zero-order valence-corrected chi connectivity index (χ0v) is 18.4. The van der Waals surface area contributed by atoms with E-state index >= 15 is 0 Å². The van der Waals surface area contributed by atoms with Crippen LogP contribution >= 0.6 is 0 Å². The van der Waals surface area contributed by atoms with Crippen molar-refractivity contribution in [3.05, 3.63) is 29.3 Å². The third-order valence-corrected chi connectivity index (χ3v) is 5.09. The van der Waals surface area contributed by atoms with Crippen molar-refractivity contribution in [1.82, 2.24) is 10.2 Å². The van der Waals surface area contributed by atoms with Crippen molar-refractivity contribution < 1.29 is 28.7 Å². The number of hydrogen-bond donors (Lipinski definition) is 2. The van der Waals surface area contributed by atoms with Crippen LogP contribution in [-0.4, -0.2) is 69.1 Å². The first kappa shape index (κ1) is 24.3. The third kappa shape index (κ3) is 7.67. The maximum absolute atomic E-state index is 12.6. The molecular formula is C22H31N3O6. The van der Waals surface area contributed by atoms with Gasteiger partial charge in [0.15, 0.2) is 0 Å². The highest BCUT2D eigenvalue weighted by Gasteiger charge is 2.22. The van der Waals surface area contributed by atoms with E-state index in [1.165, 1.54) is 32.4 Å². The highest BCUT2D eigenvalue weighted by atomic mass is 16.5. The first-order valence-electron chi connectivity index (χ1n) is 10.5. The third-order valence-electron chi connectivity index (χ3n) is 5.09. The molecule has 0 aliphatic carbocycles. The second-order valence-corrected chi connectivity index (χ2v) is 7.63. The van der Waals surface area contributed by atoms with E-state index in [-0.39, 0.29) is 29.5 Å². The molecule has 0 aromatic heterocycles. The summed E-state index contributed by atoms with van der Waals surface area (Å²) in [6.45, 7) is 4.27. The van der Waals surface area contributed by atoms with Crippen molar-refractivity contribution in [2.24, 2.45) is 5.92 Å². The van der Waals surface area contributed by atoms with Crippen molar-refractivity contribution in [3.8, 4) is 0 Å². The molecular weight excluding hydrogens is 402 g/mol. The van der Waals surface area contributed by atoms with Gasteiger partial charge in [-0.2, -0.15) is 0 Å². The Morgan fingerprint density at radius 3 is 2.26 bits per heavy atom. The minimum atomic E-state index is -0.620. The summed E-state index contributed by atoms with van der Waals surface area (Å²) >= 11 is 0. The fraction of sp³-hybridized carbons (Fsp3) is 0.545. The molecule has 1 aliphatic heterocycles. The molecule has 0 bridgehead atoms. The highest BCUT2D eigenvalue weighted by molar-refractivity contribution is 5.99. The van der Waals surface area contributed by atoms with Crippen LogP contribution in [0.25, 0.3) is 0 Å². The number of carbonyl (C=O) groups excluding carboxylic acids is 4. The number of methoxy groups -OCH3 is 2. The van der Waals surface area contributed by atoms with E-state index in [1.807, 2.05) is 11.8 Å². The summed E-state index contributed by atoms with van der Waals surface area (Å²) in [5.74, 6) is -1.14. The summed E-state index contributed by atoms with van der Waals surface area (Å²) in [7, 11) is 2.48. The van der Waals surface area contributed by atoms with E-state index in [0.717, 1.165) is 32.4 Å². The van der Waals surface area contributed by atoms with Crippen molar-refractivity contribution in [1.29, 1.82) is 0 Å². The van der Waals surface area contributed by atoms with E-state index in [0.29, 0.717) is 24.6 Å². The lowest BCUT2D eigenvalue weighted by molar-refractivity contribution is -0.121. The number of likely N-dealkylation sites (tertiary alicyclic amines) is 1. The van der Waals surface area contributed by atoms with Crippen LogP contribution < -0.4 is 10.6 Å². The highest BCUT2D eigenvalue weighted by Crippen LogP contribution is 2.19. The maximum Gasteiger partial charge on any atom is 0.337 e. The van der Waals surface area contributed by atoms with Gasteiger partial charge in [-0.3, -0.25) is 14.5 Å². The Bertz CT molecular complexity index is 776. The number of nitrogens with one attached hydrogen (secondary N) is 2. The molecule has 0 radical (unpaired) electrons. The van der Waals surface area contributed by atoms with Gasteiger partial charge in [-0.05, 0) is 49.9 Å². The number of hydrogen-bond acceptors (Lipinski definition) is 7. The average Bonchev–Trinajstić information content (AvgIpc) is 2.76. The number of nitrogens with zero attached hydrogens (tertiary/aromatic N) is 1. The zero-order chi connectivity index (χ0) is 22.8. The van der Waals surface area contributed by atoms with Crippen molar-refractivity contribution in [3.63, 3.8) is 0 Å². The zero-order valence-electron chi connectivity index (χ0n) is 18.4. The van der Waals surface area contributed by atoms with E-state index in [9.17, 15) is 19.2 Å². The Morgan fingerprint density at radius 2 is 1.68 bits per heavy atom. The van der Waals surface area contributed by atoms with Gasteiger partial charge in [0.1, 0.15) is 0 Å². The number of carbonyl (C=O) groups is 4. The molecule has 1 aromatic carbocycles. The fourth-order valence-corrected chi connectivity index (χ4v) is 3.61. The molecule has 31 heavy (non-hydrogen) atoms. The standard InChI is InChI=1S/C22H31N3O6/c1-4-6-19(26)23-12-15-7-5-8-25(13-15)14-20(27)24-18-10-16(21(28)30-2)9-17(11-18)22(29)31-3/h9-11,15H,4-8,12-14H2,1-3H3,(H,23,26)(H,24,27). The van der Waals surface area contributed by atoms with Gasteiger partial charge in [0.2, 0.25) is 11.8 Å². The maximum atomic E-state index is 12.6. The Kier molecular flexibility index (Phi) is 9.45. The van der Waals surface area contributed by atoms with Gasteiger partial charge >= 0.3 is 11.9 Å². The molecule has 1 fully saturated rings. The van der Waals surface area contributed by atoms with Gasteiger partial charge in [0, 0.05) is 25.2 Å². The van der Waals surface area contributed by atoms with Crippen LogP contribution in [0.15, 0.2) is 18.2 Å². The van der Waals surface area contributed by atoms with Crippen LogP contribution in [0.1, 0.15) is 53.3 Å². The lowest BCUT2D eigenvalue weighted by Crippen LogP contribution is -2.43. The predicted molar refractivity (Wildman–Crippen MR) is 115 cm³/mol. The second kappa shape index (κ2) is 12.0. The molecule has 2 N–H and O–H groups in total. The molecule has 1 heterocycles. The van der Waals surface area contributed by atoms with Gasteiger partial charge < -0.3 is 20.1 Å². The molecule has 1 atom stereocenters. The van der Waals surface area contributed by atoms with Crippen LogP contribution in [0.5, 0.6) is 0 Å². The lowest BCUT2D eigenvalue weighted by atomic mass is 9.98. The molecule has 1 aliphatic rings. The monoisotopic (exact) mass is 433 g/mol. The Balaban J connectivity index is 1.97. The lowest BCUT2D eigenvalue weighted by Gasteiger charge is -2.32. The van der Waals surface area contributed by atoms with Gasteiger partial charge in [0.05, 0.1) is 31.9 Å². The summed E-state index contributed by atoms with van der Waals surface area (Å²) in [5, 5.41) is 5.70. The summed E-state index contributed by atoms with van der Waals surface area (Å²) in [4.78, 5) is 50.1. The van der Waals surface area contributed by atoms with Crippen LogP contribution in [0.3, 0.4) is 0 Å². The molecule has 0 spiro atoms. The normalized spacial score (nSPS) is 16.3. The van der Waals surface area contributed by atoms with E-state index in [2.05, 4.69) is 10.6 Å². The average molecular weight is 434 g/mol. The fourth-order valence-electron chi connectivity index (χ4n) is 3.61. The van der Waals surface area contributed by atoms with Crippen LogP contribution in [0.4, 0.5) is 5.69 Å². The Morgan fingerprint density at radius 1 is 1.03 bits per heavy atom. The summed E-state index contributed by atoms with van der Waals surface area (Å²) in [5.41, 5.74) is 0.594. The molecule has 9 heteroatoms. The number of rotatable bonds is 9. The van der Waals surface area contributed by atoms with Gasteiger partial charge in [-0.1, -0.05) is 6.92 Å². The predicted octanol–water partition coefficient (Wildman–Crippen LogP) is 1.83. The van der Waals surface area contributed by atoms with Crippen molar-refractivity contribution >= 4 is 29.4 Å². The first-order chi connectivity index (χ1) is 14.9. The smallest absolute Gasteiger partial charge is 0.337 e. The molecule has 0 saturated carbocycles. The topological polar surface area (TPSA) is 114 Å². The minimum Gasteiger partial charge on any atom is -0.465 e. The number of ether oxygens (including phenoxy) is 2. The molecule has 1 unspecified atom stereocenters. The number of benzene rings is 1. The van der Waals surface area contributed by atoms with Crippen molar-refractivity contribution in [2.75, 3.05) is 45.7 Å². The SMILES string of the molecule is CCCC(=O)NCC1CCCN(CC(=O)Nc2cc(C(=O)OC)cc(C(=O)OC)c2)C1. The molecule has 170 valence electrons. The quantitative estimate of drug-likeness (QED) is 0.571. The van der Waals surface area contributed by atoms with E-state index in [1.54, 1.807) is 0 Å².